The Morgan fingerprint density at radius 3 is 1.82 bits per heavy atom. The fraction of sp³-hybridized carbons (Fsp3) is 0.833. The van der Waals surface area contributed by atoms with Crippen molar-refractivity contribution in [2.45, 2.75) is 59.7 Å². The summed E-state index contributed by atoms with van der Waals surface area (Å²) < 4.78 is 0. The molecule has 0 unspecified atom stereocenters. The molecule has 17 heavy (non-hydrogen) atoms. The van der Waals surface area contributed by atoms with E-state index in [4.69, 9.17) is 0 Å². The SMILES string of the molecule is CC(C)(C)C(=O)N1C(=O)C(C)(C)N(O)C1(C)C. The highest BCUT2D eigenvalue weighted by Crippen LogP contribution is 2.38. The Labute approximate surface area is 102 Å². The largest absolute Gasteiger partial charge is 0.311 e. The molecule has 0 spiro atoms. The lowest BCUT2D eigenvalue weighted by molar-refractivity contribution is -0.212. The Hall–Kier alpha value is -0.940. The monoisotopic (exact) mass is 242 g/mol. The number of rotatable bonds is 0. The van der Waals surface area contributed by atoms with Gasteiger partial charge in [0, 0.05) is 5.41 Å². The standard InChI is InChI=1S/C12H22N2O3/c1-10(2,3)8(15)13-9(16)11(4,5)14(17)12(13,6)7/h17H,1-7H3. The first-order valence-corrected chi connectivity index (χ1v) is 5.73. The molecular weight excluding hydrogens is 220 g/mol. The van der Waals surface area contributed by atoms with Crippen LogP contribution in [0, 0.1) is 5.41 Å². The van der Waals surface area contributed by atoms with Crippen molar-refractivity contribution in [3.05, 3.63) is 0 Å². The van der Waals surface area contributed by atoms with E-state index in [1.54, 1.807) is 48.5 Å². The maximum Gasteiger partial charge on any atom is 0.253 e. The zero-order valence-corrected chi connectivity index (χ0v) is 11.7. The van der Waals surface area contributed by atoms with Crippen LogP contribution >= 0.6 is 0 Å². The minimum absolute atomic E-state index is 0.280. The third-order valence-corrected chi connectivity index (χ3v) is 3.17. The van der Waals surface area contributed by atoms with E-state index in [0.29, 0.717) is 0 Å². The summed E-state index contributed by atoms with van der Waals surface area (Å²) in [4.78, 5) is 25.7. The van der Waals surface area contributed by atoms with E-state index < -0.39 is 16.6 Å². The molecule has 2 amide bonds. The van der Waals surface area contributed by atoms with E-state index in [1.165, 1.54) is 0 Å². The van der Waals surface area contributed by atoms with Gasteiger partial charge in [-0.05, 0) is 27.7 Å². The van der Waals surface area contributed by atoms with Crippen LogP contribution in [0.1, 0.15) is 48.5 Å². The molecule has 0 saturated carbocycles. The van der Waals surface area contributed by atoms with Crippen LogP contribution in [0.4, 0.5) is 0 Å². The van der Waals surface area contributed by atoms with Crippen molar-refractivity contribution in [2.75, 3.05) is 0 Å². The summed E-state index contributed by atoms with van der Waals surface area (Å²) in [6, 6.07) is 0. The van der Waals surface area contributed by atoms with E-state index in [0.717, 1.165) is 9.96 Å². The fourth-order valence-corrected chi connectivity index (χ4v) is 2.07. The van der Waals surface area contributed by atoms with Crippen molar-refractivity contribution < 1.29 is 14.8 Å². The summed E-state index contributed by atoms with van der Waals surface area (Å²) >= 11 is 0. The first kappa shape index (κ1) is 14.1. The Morgan fingerprint density at radius 2 is 1.59 bits per heavy atom. The van der Waals surface area contributed by atoms with Gasteiger partial charge in [-0.1, -0.05) is 20.8 Å². The average Bonchev–Trinajstić information content (AvgIpc) is 2.24. The molecule has 1 saturated heterocycles. The van der Waals surface area contributed by atoms with Gasteiger partial charge in [0.25, 0.3) is 5.91 Å². The third-order valence-electron chi connectivity index (χ3n) is 3.17. The lowest BCUT2D eigenvalue weighted by Crippen LogP contribution is -2.54. The molecule has 5 heteroatoms. The van der Waals surface area contributed by atoms with Gasteiger partial charge in [-0.2, -0.15) is 5.06 Å². The predicted octanol–water partition coefficient (Wildman–Crippen LogP) is 1.61. The maximum atomic E-state index is 12.3. The van der Waals surface area contributed by atoms with E-state index in [2.05, 4.69) is 0 Å². The van der Waals surface area contributed by atoms with Crippen molar-refractivity contribution in [1.29, 1.82) is 0 Å². The Bertz CT molecular complexity index is 358. The highest BCUT2D eigenvalue weighted by molar-refractivity contribution is 6.03. The summed E-state index contributed by atoms with van der Waals surface area (Å²) in [6.07, 6.45) is 0. The van der Waals surface area contributed by atoms with Crippen LogP contribution < -0.4 is 0 Å². The molecule has 1 rings (SSSR count). The lowest BCUT2D eigenvalue weighted by atomic mass is 9.93. The van der Waals surface area contributed by atoms with Gasteiger partial charge in [0.05, 0.1) is 0 Å². The van der Waals surface area contributed by atoms with Crippen molar-refractivity contribution >= 4 is 11.8 Å². The fourth-order valence-electron chi connectivity index (χ4n) is 2.07. The van der Waals surface area contributed by atoms with Crippen LogP contribution in [0.25, 0.3) is 0 Å². The first-order valence-electron chi connectivity index (χ1n) is 5.73. The Morgan fingerprint density at radius 1 is 1.18 bits per heavy atom. The summed E-state index contributed by atoms with van der Waals surface area (Å²) in [6.45, 7) is 11.8. The van der Waals surface area contributed by atoms with E-state index >= 15 is 0 Å². The molecule has 1 fully saturated rings. The number of carbonyl (C=O) groups excluding carboxylic acids is 2. The number of hydroxylamine groups is 2. The molecule has 0 atom stereocenters. The molecule has 0 aromatic rings. The lowest BCUT2D eigenvalue weighted by Gasteiger charge is -2.36. The number of nitrogens with zero attached hydrogens (tertiary/aromatic N) is 2. The third kappa shape index (κ3) is 1.87. The molecule has 1 heterocycles. The van der Waals surface area contributed by atoms with E-state index in [9.17, 15) is 14.8 Å². The normalized spacial score (nSPS) is 24.2. The van der Waals surface area contributed by atoms with Crippen LogP contribution in [0.3, 0.4) is 0 Å². The quantitative estimate of drug-likeness (QED) is 0.701. The smallest absolute Gasteiger partial charge is 0.253 e. The summed E-state index contributed by atoms with van der Waals surface area (Å²) in [5.74, 6) is -0.651. The topological polar surface area (TPSA) is 60.9 Å². The van der Waals surface area contributed by atoms with Gasteiger partial charge < -0.3 is 5.21 Å². The van der Waals surface area contributed by atoms with Crippen LogP contribution in [0.2, 0.25) is 0 Å². The Kier molecular flexibility index (Phi) is 2.93. The van der Waals surface area contributed by atoms with Crippen LogP contribution in [0.15, 0.2) is 0 Å². The molecule has 98 valence electrons. The number of hydrogen-bond acceptors (Lipinski definition) is 4. The van der Waals surface area contributed by atoms with Crippen LogP contribution in [-0.4, -0.2) is 38.2 Å². The molecule has 0 bridgehead atoms. The number of amides is 2. The highest BCUT2D eigenvalue weighted by atomic mass is 16.5. The van der Waals surface area contributed by atoms with E-state index in [-0.39, 0.29) is 11.8 Å². The zero-order valence-electron chi connectivity index (χ0n) is 11.7. The number of hydrogen-bond donors (Lipinski definition) is 1. The van der Waals surface area contributed by atoms with Crippen molar-refractivity contribution in [3.8, 4) is 0 Å². The Balaban J connectivity index is 3.27. The summed E-state index contributed by atoms with van der Waals surface area (Å²) in [7, 11) is 0. The van der Waals surface area contributed by atoms with Gasteiger partial charge in [-0.25, -0.2) is 0 Å². The van der Waals surface area contributed by atoms with Gasteiger partial charge in [-0.15, -0.1) is 0 Å². The molecule has 5 nitrogen and oxygen atoms in total. The molecule has 1 N–H and O–H groups in total. The van der Waals surface area contributed by atoms with Crippen molar-refractivity contribution in [1.82, 2.24) is 9.96 Å². The minimum Gasteiger partial charge on any atom is -0.311 e. The second-order valence-corrected chi connectivity index (χ2v) is 6.56. The van der Waals surface area contributed by atoms with Crippen LogP contribution in [0.5, 0.6) is 0 Å². The highest BCUT2D eigenvalue weighted by Gasteiger charge is 2.59. The van der Waals surface area contributed by atoms with Gasteiger partial charge in [0.15, 0.2) is 0 Å². The number of imide groups is 1. The molecule has 0 radical (unpaired) electrons. The summed E-state index contributed by atoms with van der Waals surface area (Å²) in [5, 5.41) is 11.0. The van der Waals surface area contributed by atoms with E-state index in [1.807, 2.05) is 0 Å². The van der Waals surface area contributed by atoms with Crippen molar-refractivity contribution in [3.63, 3.8) is 0 Å². The van der Waals surface area contributed by atoms with Crippen molar-refractivity contribution in [2.24, 2.45) is 5.41 Å². The molecule has 0 aromatic heterocycles. The second kappa shape index (κ2) is 3.53. The van der Waals surface area contributed by atoms with Gasteiger partial charge in [0.1, 0.15) is 11.2 Å². The van der Waals surface area contributed by atoms with Gasteiger partial charge in [0.2, 0.25) is 5.91 Å². The molecular formula is C12H22N2O3. The minimum atomic E-state index is -1.08. The molecule has 0 aliphatic carbocycles. The molecule has 0 aromatic carbocycles. The summed E-state index contributed by atoms with van der Waals surface area (Å²) in [5.41, 5.74) is -2.76. The average molecular weight is 242 g/mol. The predicted molar refractivity (Wildman–Crippen MR) is 63.1 cm³/mol. The number of carbonyl (C=O) groups is 2. The zero-order chi connectivity index (χ0) is 13.8. The van der Waals surface area contributed by atoms with Gasteiger partial charge >= 0.3 is 0 Å². The molecule has 1 aliphatic heterocycles. The first-order chi connectivity index (χ1) is 7.34. The maximum absolute atomic E-state index is 12.3. The van der Waals surface area contributed by atoms with Crippen LogP contribution in [-0.2, 0) is 9.59 Å². The second-order valence-electron chi connectivity index (χ2n) is 6.56. The van der Waals surface area contributed by atoms with Gasteiger partial charge in [-0.3, -0.25) is 14.5 Å². The molecule has 1 aliphatic rings.